The summed E-state index contributed by atoms with van der Waals surface area (Å²) in [4.78, 5) is 4.50. The van der Waals surface area contributed by atoms with Crippen molar-refractivity contribution in [3.63, 3.8) is 0 Å². The number of anilines is 1. The van der Waals surface area contributed by atoms with E-state index in [1.54, 1.807) is 6.20 Å². The molecule has 0 saturated heterocycles. The van der Waals surface area contributed by atoms with E-state index >= 15 is 0 Å². The zero-order valence-electron chi connectivity index (χ0n) is 11.1. The minimum absolute atomic E-state index is 0.684. The van der Waals surface area contributed by atoms with E-state index in [2.05, 4.69) is 28.3 Å². The maximum absolute atomic E-state index is 5.97. The average Bonchev–Trinajstić information content (AvgIpc) is 2.71. The van der Waals surface area contributed by atoms with Crippen LogP contribution in [0.1, 0.15) is 16.8 Å². The summed E-state index contributed by atoms with van der Waals surface area (Å²) < 4.78 is 1.82. The second-order valence-electron chi connectivity index (χ2n) is 4.85. The Morgan fingerprint density at radius 3 is 2.74 bits per heavy atom. The van der Waals surface area contributed by atoms with Crippen molar-refractivity contribution in [3.8, 4) is 0 Å². The van der Waals surface area contributed by atoms with Gasteiger partial charge in [0.2, 0.25) is 0 Å². The third-order valence-electron chi connectivity index (χ3n) is 3.30. The summed E-state index contributed by atoms with van der Waals surface area (Å²) in [6, 6.07) is 10.4. The number of hydrogen-bond donors (Lipinski definition) is 1. The second-order valence-corrected chi connectivity index (χ2v) is 4.85. The third kappa shape index (κ3) is 2.17. The number of pyridine rings is 1. The van der Waals surface area contributed by atoms with Crippen LogP contribution in [0.4, 0.5) is 5.82 Å². The summed E-state index contributed by atoms with van der Waals surface area (Å²) in [6.07, 6.45) is 1.79. The molecule has 0 saturated carbocycles. The molecule has 2 N–H and O–H groups in total. The molecule has 0 aliphatic carbocycles. The van der Waals surface area contributed by atoms with Gasteiger partial charge in [-0.15, -0.1) is 0 Å². The van der Waals surface area contributed by atoms with E-state index in [-0.39, 0.29) is 0 Å². The van der Waals surface area contributed by atoms with Crippen molar-refractivity contribution >= 4 is 16.7 Å². The Morgan fingerprint density at radius 2 is 2.00 bits per heavy atom. The number of benzene rings is 1. The molecular formula is C15H16N4. The van der Waals surface area contributed by atoms with Crippen molar-refractivity contribution < 1.29 is 0 Å². The van der Waals surface area contributed by atoms with Crippen LogP contribution >= 0.6 is 0 Å². The molecule has 96 valence electrons. The first-order valence-electron chi connectivity index (χ1n) is 6.27. The van der Waals surface area contributed by atoms with E-state index in [1.165, 1.54) is 5.56 Å². The Bertz CT molecular complexity index is 743. The number of nitrogens with zero attached hydrogens (tertiary/aromatic N) is 3. The molecule has 4 heteroatoms. The Hall–Kier alpha value is -2.36. The zero-order chi connectivity index (χ0) is 13.4. The van der Waals surface area contributed by atoms with Crippen LogP contribution in [0.5, 0.6) is 0 Å². The molecule has 0 aliphatic rings. The highest BCUT2D eigenvalue weighted by molar-refractivity contribution is 5.79. The summed E-state index contributed by atoms with van der Waals surface area (Å²) in [6.45, 7) is 4.65. The molecule has 19 heavy (non-hydrogen) atoms. The van der Waals surface area contributed by atoms with E-state index < -0.39 is 0 Å². The number of aryl methyl sites for hydroxylation is 2. The number of aromatic nitrogens is 3. The van der Waals surface area contributed by atoms with Crippen molar-refractivity contribution in [2.75, 3.05) is 5.73 Å². The molecule has 3 rings (SSSR count). The lowest BCUT2D eigenvalue weighted by atomic mass is 10.1. The van der Waals surface area contributed by atoms with Gasteiger partial charge in [-0.1, -0.05) is 12.1 Å². The topological polar surface area (TPSA) is 56.7 Å². The minimum Gasteiger partial charge on any atom is -0.384 e. The molecular weight excluding hydrogens is 236 g/mol. The Balaban J connectivity index is 1.97. The molecule has 0 unspecified atom stereocenters. The van der Waals surface area contributed by atoms with Crippen LogP contribution in [0.25, 0.3) is 10.9 Å². The number of fused-ring (bicyclic) bond motifs is 1. The van der Waals surface area contributed by atoms with Crippen LogP contribution in [-0.2, 0) is 6.54 Å². The van der Waals surface area contributed by atoms with Crippen LogP contribution < -0.4 is 5.73 Å². The minimum atomic E-state index is 0.684. The third-order valence-corrected chi connectivity index (χ3v) is 3.30. The highest BCUT2D eigenvalue weighted by Gasteiger charge is 2.05. The van der Waals surface area contributed by atoms with Crippen LogP contribution in [0, 0.1) is 13.8 Å². The van der Waals surface area contributed by atoms with Crippen LogP contribution in [0.2, 0.25) is 0 Å². The lowest BCUT2D eigenvalue weighted by molar-refractivity contribution is 0.697. The standard InChI is InChI=1S/C15H16N4/c1-10-8-17-19(15(10)16)9-12-4-6-14-13(7-12)5-3-11(2)18-14/h3-8H,9,16H2,1-2H3. The fraction of sp³-hybridized carbons (Fsp3) is 0.200. The molecule has 2 aromatic heterocycles. The van der Waals surface area contributed by atoms with Gasteiger partial charge in [-0.25, -0.2) is 4.68 Å². The van der Waals surface area contributed by atoms with Crippen molar-refractivity contribution in [2.45, 2.75) is 20.4 Å². The summed E-state index contributed by atoms with van der Waals surface area (Å²) in [7, 11) is 0. The number of nitrogen functional groups attached to an aromatic ring is 1. The van der Waals surface area contributed by atoms with Crippen molar-refractivity contribution in [1.82, 2.24) is 14.8 Å². The average molecular weight is 252 g/mol. The first-order chi connectivity index (χ1) is 9.13. The van der Waals surface area contributed by atoms with E-state index in [9.17, 15) is 0 Å². The molecule has 3 aromatic rings. The summed E-state index contributed by atoms with van der Waals surface area (Å²) >= 11 is 0. The fourth-order valence-electron chi connectivity index (χ4n) is 2.16. The zero-order valence-corrected chi connectivity index (χ0v) is 11.1. The quantitative estimate of drug-likeness (QED) is 0.763. The molecule has 0 atom stereocenters. The van der Waals surface area contributed by atoms with Gasteiger partial charge in [-0.05, 0) is 37.6 Å². The van der Waals surface area contributed by atoms with Gasteiger partial charge in [0.25, 0.3) is 0 Å². The smallest absolute Gasteiger partial charge is 0.124 e. The lowest BCUT2D eigenvalue weighted by Gasteiger charge is -2.06. The molecule has 0 bridgehead atoms. The van der Waals surface area contributed by atoms with Gasteiger partial charge < -0.3 is 5.73 Å². The molecule has 1 aromatic carbocycles. The predicted octanol–water partition coefficient (Wildman–Crippen LogP) is 2.68. The number of nitrogens with two attached hydrogens (primary N) is 1. The van der Waals surface area contributed by atoms with Gasteiger partial charge >= 0.3 is 0 Å². The van der Waals surface area contributed by atoms with Crippen molar-refractivity contribution in [1.29, 1.82) is 0 Å². The molecule has 0 spiro atoms. The molecule has 0 amide bonds. The molecule has 0 aliphatic heterocycles. The van der Waals surface area contributed by atoms with E-state index in [1.807, 2.05) is 30.7 Å². The van der Waals surface area contributed by atoms with Crippen LogP contribution in [0.15, 0.2) is 36.5 Å². The highest BCUT2D eigenvalue weighted by atomic mass is 15.3. The maximum atomic E-state index is 5.97. The second kappa shape index (κ2) is 4.39. The monoisotopic (exact) mass is 252 g/mol. The maximum Gasteiger partial charge on any atom is 0.124 e. The van der Waals surface area contributed by atoms with Gasteiger partial charge in [-0.2, -0.15) is 5.10 Å². The fourth-order valence-corrected chi connectivity index (χ4v) is 2.16. The van der Waals surface area contributed by atoms with E-state index in [0.717, 1.165) is 28.0 Å². The van der Waals surface area contributed by atoms with E-state index in [0.29, 0.717) is 6.54 Å². The summed E-state index contributed by atoms with van der Waals surface area (Å²) in [5.74, 6) is 0.724. The van der Waals surface area contributed by atoms with Crippen LogP contribution in [-0.4, -0.2) is 14.8 Å². The Morgan fingerprint density at radius 1 is 1.16 bits per heavy atom. The van der Waals surface area contributed by atoms with Gasteiger partial charge in [-0.3, -0.25) is 4.98 Å². The predicted molar refractivity (Wildman–Crippen MR) is 77.0 cm³/mol. The van der Waals surface area contributed by atoms with Crippen molar-refractivity contribution in [3.05, 3.63) is 53.3 Å². The molecule has 4 nitrogen and oxygen atoms in total. The Labute approximate surface area is 111 Å². The number of rotatable bonds is 2. The van der Waals surface area contributed by atoms with Gasteiger partial charge in [0, 0.05) is 16.6 Å². The van der Waals surface area contributed by atoms with Gasteiger partial charge in [0.05, 0.1) is 18.3 Å². The molecule has 0 fully saturated rings. The van der Waals surface area contributed by atoms with Gasteiger partial charge in [0.15, 0.2) is 0 Å². The SMILES string of the molecule is Cc1ccc2cc(Cn3ncc(C)c3N)ccc2n1. The molecule has 2 heterocycles. The normalized spacial score (nSPS) is 11.1. The summed E-state index contributed by atoms with van der Waals surface area (Å²) in [5.41, 5.74) is 10.2. The molecule has 0 radical (unpaired) electrons. The largest absolute Gasteiger partial charge is 0.384 e. The first-order valence-corrected chi connectivity index (χ1v) is 6.27. The summed E-state index contributed by atoms with van der Waals surface area (Å²) in [5, 5.41) is 5.42. The Kier molecular flexibility index (Phi) is 2.71. The highest BCUT2D eigenvalue weighted by Crippen LogP contribution is 2.17. The van der Waals surface area contributed by atoms with Crippen LogP contribution in [0.3, 0.4) is 0 Å². The lowest BCUT2D eigenvalue weighted by Crippen LogP contribution is -2.06. The van der Waals surface area contributed by atoms with Crippen molar-refractivity contribution in [2.24, 2.45) is 0 Å². The van der Waals surface area contributed by atoms with Gasteiger partial charge in [0.1, 0.15) is 5.82 Å². The number of hydrogen-bond acceptors (Lipinski definition) is 3. The first kappa shape index (κ1) is 11.7. The van der Waals surface area contributed by atoms with E-state index in [4.69, 9.17) is 5.73 Å².